The molecule has 0 saturated heterocycles. The van der Waals surface area contributed by atoms with Crippen molar-refractivity contribution in [2.45, 2.75) is 52.0 Å². The maximum absolute atomic E-state index is 5.44. The topological polar surface area (TPSA) is 36.5 Å². The van der Waals surface area contributed by atoms with E-state index >= 15 is 0 Å². The molecule has 0 aliphatic carbocycles. The van der Waals surface area contributed by atoms with Crippen molar-refractivity contribution in [2.75, 3.05) is 11.6 Å². The van der Waals surface area contributed by atoms with Gasteiger partial charge in [-0.2, -0.15) is 10.4 Å². The number of anilines is 1. The summed E-state index contributed by atoms with van der Waals surface area (Å²) >= 11 is 1.74. The fraction of sp³-hybridized carbons (Fsp3) is 0.692. The van der Waals surface area contributed by atoms with E-state index in [4.69, 9.17) is 4.94 Å². The van der Waals surface area contributed by atoms with E-state index in [1.807, 2.05) is 0 Å². The molecule has 1 aliphatic rings. The summed E-state index contributed by atoms with van der Waals surface area (Å²) in [5.41, 5.74) is 8.79. The van der Waals surface area contributed by atoms with Crippen LogP contribution in [-0.2, 0) is 11.4 Å². The van der Waals surface area contributed by atoms with E-state index in [1.165, 1.54) is 24.1 Å². The van der Waals surface area contributed by atoms with Crippen LogP contribution in [0.4, 0.5) is 5.69 Å². The third-order valence-corrected chi connectivity index (χ3v) is 4.05. The standard InChI is InChI=1S/C13H23N3OS/c1-3-5-12(6-4-2)14-17-15-16-8-7-11-9-18-10-13(11)16/h9-10,12,14-15H,3-8H2,1-2H3. The summed E-state index contributed by atoms with van der Waals surface area (Å²) in [6.45, 7) is 5.39. The van der Waals surface area contributed by atoms with Crippen molar-refractivity contribution >= 4 is 17.0 Å². The Morgan fingerprint density at radius 2 is 2.11 bits per heavy atom. The van der Waals surface area contributed by atoms with Gasteiger partial charge >= 0.3 is 0 Å². The van der Waals surface area contributed by atoms with Crippen LogP contribution < -0.4 is 16.1 Å². The summed E-state index contributed by atoms with van der Waals surface area (Å²) in [7, 11) is 0. The van der Waals surface area contributed by atoms with Gasteiger partial charge in [0.15, 0.2) is 0 Å². The monoisotopic (exact) mass is 269 g/mol. The highest BCUT2D eigenvalue weighted by molar-refractivity contribution is 7.08. The molecular formula is C13H23N3OS. The fourth-order valence-electron chi connectivity index (χ4n) is 2.31. The Morgan fingerprint density at radius 1 is 1.33 bits per heavy atom. The third-order valence-electron chi connectivity index (χ3n) is 3.27. The molecule has 4 nitrogen and oxygen atoms in total. The predicted molar refractivity (Wildman–Crippen MR) is 76.3 cm³/mol. The minimum atomic E-state index is 0.442. The van der Waals surface area contributed by atoms with Crippen molar-refractivity contribution < 1.29 is 4.94 Å². The van der Waals surface area contributed by atoms with Gasteiger partial charge in [0, 0.05) is 18.0 Å². The van der Waals surface area contributed by atoms with Crippen LogP contribution in [0, 0.1) is 0 Å². The number of hydrogen-bond donors (Lipinski definition) is 2. The maximum atomic E-state index is 5.44. The van der Waals surface area contributed by atoms with E-state index in [-0.39, 0.29) is 0 Å². The average molecular weight is 269 g/mol. The van der Waals surface area contributed by atoms with Crippen molar-refractivity contribution in [3.8, 4) is 0 Å². The third kappa shape index (κ3) is 3.45. The molecule has 0 unspecified atom stereocenters. The van der Waals surface area contributed by atoms with Crippen molar-refractivity contribution in [3.63, 3.8) is 0 Å². The van der Waals surface area contributed by atoms with Crippen LogP contribution in [0.2, 0.25) is 0 Å². The van der Waals surface area contributed by atoms with E-state index in [0.29, 0.717) is 6.04 Å². The molecule has 102 valence electrons. The van der Waals surface area contributed by atoms with Gasteiger partial charge in [-0.1, -0.05) is 32.3 Å². The van der Waals surface area contributed by atoms with Crippen LogP contribution in [0.15, 0.2) is 10.8 Å². The quantitative estimate of drug-likeness (QED) is 0.711. The minimum absolute atomic E-state index is 0.442. The SMILES string of the molecule is CCCC(CCC)NONN1CCc2cscc21. The second kappa shape index (κ2) is 7.09. The number of nitrogens with one attached hydrogen (secondary N) is 2. The first-order valence-corrected chi connectivity index (χ1v) is 7.79. The second-order valence-electron chi connectivity index (χ2n) is 4.77. The Labute approximate surface area is 113 Å². The Balaban J connectivity index is 1.72. The van der Waals surface area contributed by atoms with Crippen LogP contribution in [0.5, 0.6) is 0 Å². The Morgan fingerprint density at radius 3 is 2.83 bits per heavy atom. The number of hydroxylamine groups is 1. The van der Waals surface area contributed by atoms with Crippen LogP contribution in [-0.4, -0.2) is 12.6 Å². The molecular weight excluding hydrogens is 246 g/mol. The lowest BCUT2D eigenvalue weighted by Crippen LogP contribution is -2.43. The van der Waals surface area contributed by atoms with Gasteiger partial charge in [-0.25, -0.2) is 0 Å². The molecule has 18 heavy (non-hydrogen) atoms. The van der Waals surface area contributed by atoms with Gasteiger partial charge in [0.2, 0.25) is 0 Å². The molecule has 2 rings (SSSR count). The van der Waals surface area contributed by atoms with Crippen LogP contribution in [0.1, 0.15) is 45.1 Å². The first kappa shape index (κ1) is 13.8. The lowest BCUT2D eigenvalue weighted by molar-refractivity contribution is -0.0637. The molecule has 2 N–H and O–H groups in total. The Bertz CT molecular complexity index is 350. The van der Waals surface area contributed by atoms with Crippen molar-refractivity contribution in [1.82, 2.24) is 11.1 Å². The largest absolute Gasteiger partial charge is 0.283 e. The highest BCUT2D eigenvalue weighted by Gasteiger charge is 2.20. The molecule has 1 aromatic heterocycles. The number of fused-ring (bicyclic) bond motifs is 1. The molecule has 0 aromatic carbocycles. The molecule has 0 atom stereocenters. The molecule has 1 aliphatic heterocycles. The summed E-state index contributed by atoms with van der Waals surface area (Å²) in [5, 5.41) is 6.43. The lowest BCUT2D eigenvalue weighted by Gasteiger charge is -2.22. The minimum Gasteiger partial charge on any atom is -0.283 e. The van der Waals surface area contributed by atoms with Crippen LogP contribution in [0.3, 0.4) is 0 Å². The van der Waals surface area contributed by atoms with Crippen molar-refractivity contribution in [2.24, 2.45) is 0 Å². The van der Waals surface area contributed by atoms with Gasteiger partial charge in [-0.05, 0) is 30.2 Å². The fourth-order valence-corrected chi connectivity index (χ4v) is 3.19. The van der Waals surface area contributed by atoms with E-state index in [9.17, 15) is 0 Å². The van der Waals surface area contributed by atoms with Gasteiger partial charge < -0.3 is 0 Å². The number of nitrogens with zero attached hydrogens (tertiary/aromatic N) is 1. The average Bonchev–Trinajstić information content (AvgIpc) is 2.94. The van der Waals surface area contributed by atoms with Gasteiger partial charge in [0.05, 0.1) is 5.69 Å². The van der Waals surface area contributed by atoms with Crippen LogP contribution >= 0.6 is 11.3 Å². The van der Waals surface area contributed by atoms with Gasteiger partial charge in [-0.15, -0.1) is 11.3 Å². The number of thiophene rings is 1. The first-order chi connectivity index (χ1) is 8.85. The van der Waals surface area contributed by atoms with Gasteiger partial charge in [0.25, 0.3) is 0 Å². The first-order valence-electron chi connectivity index (χ1n) is 6.84. The highest BCUT2D eigenvalue weighted by atomic mass is 32.1. The Kier molecular flexibility index (Phi) is 5.44. The van der Waals surface area contributed by atoms with Gasteiger partial charge in [-0.3, -0.25) is 5.01 Å². The van der Waals surface area contributed by atoms with Crippen LogP contribution in [0.25, 0.3) is 0 Å². The second-order valence-corrected chi connectivity index (χ2v) is 5.51. The Hall–Kier alpha value is -0.620. The van der Waals surface area contributed by atoms with Crippen molar-refractivity contribution in [3.05, 3.63) is 16.3 Å². The molecule has 0 radical (unpaired) electrons. The molecule has 1 aromatic rings. The predicted octanol–water partition coefficient (Wildman–Crippen LogP) is 3.02. The highest BCUT2D eigenvalue weighted by Crippen LogP contribution is 2.29. The van der Waals surface area contributed by atoms with E-state index in [0.717, 1.165) is 25.8 Å². The smallest absolute Gasteiger partial charge is 0.0682 e. The summed E-state index contributed by atoms with van der Waals surface area (Å²) < 4.78 is 0. The van der Waals surface area contributed by atoms with Crippen molar-refractivity contribution in [1.29, 1.82) is 0 Å². The molecule has 2 heterocycles. The summed E-state index contributed by atoms with van der Waals surface area (Å²) in [6, 6.07) is 0.442. The lowest BCUT2D eigenvalue weighted by atomic mass is 10.1. The summed E-state index contributed by atoms with van der Waals surface area (Å²) in [5.74, 6) is 0. The number of hydrogen-bond acceptors (Lipinski definition) is 5. The maximum Gasteiger partial charge on any atom is 0.0682 e. The zero-order valence-corrected chi connectivity index (χ0v) is 12.1. The number of rotatable bonds is 8. The van der Waals surface area contributed by atoms with Gasteiger partial charge in [0.1, 0.15) is 0 Å². The zero-order valence-electron chi connectivity index (χ0n) is 11.2. The normalized spacial score (nSPS) is 14.5. The molecule has 5 heteroatoms. The molecule has 0 spiro atoms. The molecule has 0 saturated carbocycles. The summed E-state index contributed by atoms with van der Waals surface area (Å²) in [4.78, 5) is 5.44. The molecule has 0 bridgehead atoms. The van der Waals surface area contributed by atoms with E-state index in [1.54, 1.807) is 11.3 Å². The van der Waals surface area contributed by atoms with E-state index in [2.05, 4.69) is 40.7 Å². The molecule has 0 fully saturated rings. The summed E-state index contributed by atoms with van der Waals surface area (Å²) in [6.07, 6.45) is 5.76. The zero-order chi connectivity index (χ0) is 12.8. The molecule has 0 amide bonds. The number of hydrazine groups is 1. The van der Waals surface area contributed by atoms with E-state index < -0.39 is 0 Å².